The Kier molecular flexibility index (Phi) is 6.97. The van der Waals surface area contributed by atoms with Crippen LogP contribution in [0, 0.1) is 12.8 Å². The fraction of sp³-hybridized carbons (Fsp3) is 0.407. The Hall–Kier alpha value is -3.03. The van der Waals surface area contributed by atoms with Gasteiger partial charge in [0.2, 0.25) is 11.8 Å². The maximum atomic E-state index is 13.3. The van der Waals surface area contributed by atoms with Gasteiger partial charge in [-0.25, -0.2) is 4.68 Å². The molecule has 1 saturated carbocycles. The number of para-hydroxylation sites is 2. The van der Waals surface area contributed by atoms with Gasteiger partial charge < -0.3 is 19.1 Å². The number of carbonyl (C=O) groups excluding carboxylic acids is 1. The van der Waals surface area contributed by atoms with Gasteiger partial charge in [0, 0.05) is 24.1 Å². The van der Waals surface area contributed by atoms with Crippen LogP contribution < -0.4 is 9.47 Å². The summed E-state index contributed by atoms with van der Waals surface area (Å²) in [6.45, 7) is 3.68. The van der Waals surface area contributed by atoms with Crippen LogP contribution in [0.4, 0.5) is 0 Å². The van der Waals surface area contributed by atoms with Crippen LogP contribution in [0.15, 0.2) is 48.5 Å². The summed E-state index contributed by atoms with van der Waals surface area (Å²) in [6.07, 6.45) is 3.99. The van der Waals surface area contributed by atoms with Gasteiger partial charge in [0.05, 0.1) is 36.7 Å². The third kappa shape index (κ3) is 5.31. The van der Waals surface area contributed by atoms with Crippen molar-refractivity contribution in [2.24, 2.45) is 5.92 Å². The summed E-state index contributed by atoms with van der Waals surface area (Å²) in [5.74, 6) is 2.04. The zero-order chi connectivity index (χ0) is 24.4. The fourth-order valence-electron chi connectivity index (χ4n) is 4.44. The van der Waals surface area contributed by atoms with Crippen LogP contribution >= 0.6 is 11.6 Å². The maximum Gasteiger partial charge on any atom is 0.228 e. The first kappa shape index (κ1) is 23.7. The minimum Gasteiger partial charge on any atom is -0.493 e. The second-order valence-electron chi connectivity index (χ2n) is 9.14. The largest absolute Gasteiger partial charge is 0.493 e. The lowest BCUT2D eigenvalue weighted by Gasteiger charge is -2.26. The zero-order valence-electron chi connectivity index (χ0n) is 20.1. The van der Waals surface area contributed by atoms with E-state index in [4.69, 9.17) is 30.9 Å². The van der Waals surface area contributed by atoms with E-state index < -0.39 is 0 Å². The number of hydrogen-bond donors (Lipinski definition) is 0. The lowest BCUT2D eigenvalue weighted by Crippen LogP contribution is -2.38. The summed E-state index contributed by atoms with van der Waals surface area (Å²) < 4.78 is 19.6. The number of aromatic nitrogens is 2. The van der Waals surface area contributed by atoms with E-state index in [1.165, 1.54) is 0 Å². The van der Waals surface area contributed by atoms with Crippen molar-refractivity contribution < 1.29 is 19.0 Å². The van der Waals surface area contributed by atoms with Crippen LogP contribution in [0.1, 0.15) is 36.9 Å². The first-order valence-corrected chi connectivity index (χ1v) is 12.5. The average molecular weight is 496 g/mol. The molecule has 2 aliphatic rings. The van der Waals surface area contributed by atoms with E-state index in [-0.39, 0.29) is 17.9 Å². The van der Waals surface area contributed by atoms with Gasteiger partial charge in [0.15, 0.2) is 11.5 Å². The van der Waals surface area contributed by atoms with Crippen molar-refractivity contribution in [3.63, 3.8) is 0 Å². The summed E-state index contributed by atoms with van der Waals surface area (Å²) in [5, 5.41) is 5.45. The third-order valence-corrected chi connectivity index (χ3v) is 6.77. The molecule has 1 unspecified atom stereocenters. The van der Waals surface area contributed by atoms with Crippen molar-refractivity contribution in [3.8, 4) is 23.1 Å². The number of ether oxygens (including phenoxy) is 3. The summed E-state index contributed by atoms with van der Waals surface area (Å²) >= 11 is 6.13. The van der Waals surface area contributed by atoms with Crippen LogP contribution in [0.2, 0.25) is 5.02 Å². The molecule has 0 radical (unpaired) electrons. The summed E-state index contributed by atoms with van der Waals surface area (Å²) in [5.41, 5.74) is 2.47. The van der Waals surface area contributed by atoms with Crippen molar-refractivity contribution in [1.29, 1.82) is 0 Å². The predicted octanol–water partition coefficient (Wildman–Crippen LogP) is 5.55. The van der Waals surface area contributed by atoms with Gasteiger partial charge >= 0.3 is 0 Å². The number of aryl methyl sites for hydroxylation is 1. The minimum absolute atomic E-state index is 0.0721. The normalized spacial score (nSPS) is 17.4. The molecule has 0 N–H and O–H groups in total. The smallest absolute Gasteiger partial charge is 0.228 e. The summed E-state index contributed by atoms with van der Waals surface area (Å²) in [6, 6.07) is 14.9. The van der Waals surface area contributed by atoms with Crippen molar-refractivity contribution in [3.05, 3.63) is 64.8 Å². The molecule has 8 heteroatoms. The molecule has 1 amide bonds. The molecule has 1 atom stereocenters. The molecule has 184 valence electrons. The molecule has 3 aromatic rings. The summed E-state index contributed by atoms with van der Waals surface area (Å²) in [4.78, 5) is 15.2. The molecule has 35 heavy (non-hydrogen) atoms. The standard InChI is InChI=1S/C27H30ClN3O4/c1-18-23(17-30(26(32)19-9-10-19)16-22-6-5-15-34-22)27(35-25-8-4-3-7-24(25)33-2)31(29-18)21-13-11-20(28)12-14-21/h3-4,7-8,11-14,19,22H,5-6,9-10,15-17H2,1-2H3. The maximum absolute atomic E-state index is 13.3. The summed E-state index contributed by atoms with van der Waals surface area (Å²) in [7, 11) is 1.61. The molecule has 2 fully saturated rings. The molecule has 1 saturated heterocycles. The van der Waals surface area contributed by atoms with Gasteiger partial charge in [-0.05, 0) is 69.0 Å². The van der Waals surface area contributed by atoms with Crippen molar-refractivity contribution in [2.45, 2.75) is 45.3 Å². The highest BCUT2D eigenvalue weighted by molar-refractivity contribution is 6.30. The quantitative estimate of drug-likeness (QED) is 0.389. The molecule has 1 aromatic heterocycles. The minimum atomic E-state index is 0.0721. The second-order valence-corrected chi connectivity index (χ2v) is 9.57. The number of benzene rings is 2. The lowest BCUT2D eigenvalue weighted by molar-refractivity contribution is -0.134. The van der Waals surface area contributed by atoms with E-state index in [1.807, 2.05) is 60.4 Å². The second kappa shape index (κ2) is 10.3. The van der Waals surface area contributed by atoms with E-state index >= 15 is 0 Å². The van der Waals surface area contributed by atoms with E-state index in [0.717, 1.165) is 49.2 Å². The lowest BCUT2D eigenvalue weighted by atomic mass is 10.1. The third-order valence-electron chi connectivity index (χ3n) is 6.52. The SMILES string of the molecule is COc1ccccc1Oc1c(CN(CC2CCCO2)C(=O)C2CC2)c(C)nn1-c1ccc(Cl)cc1. The molecular formula is C27H30ClN3O4. The molecule has 0 bridgehead atoms. The molecule has 5 rings (SSSR count). The highest BCUT2D eigenvalue weighted by Crippen LogP contribution is 2.37. The number of amides is 1. The van der Waals surface area contributed by atoms with E-state index in [0.29, 0.717) is 35.5 Å². The molecular weight excluding hydrogens is 466 g/mol. The van der Waals surface area contributed by atoms with E-state index in [1.54, 1.807) is 11.8 Å². The number of hydrogen-bond acceptors (Lipinski definition) is 5. The number of rotatable bonds is 9. The van der Waals surface area contributed by atoms with E-state index in [2.05, 4.69) is 0 Å². The van der Waals surface area contributed by atoms with Gasteiger partial charge in [0.1, 0.15) is 0 Å². The Morgan fingerprint density at radius 3 is 2.54 bits per heavy atom. The molecule has 7 nitrogen and oxygen atoms in total. The molecule has 2 aromatic carbocycles. The van der Waals surface area contributed by atoms with Crippen molar-refractivity contribution in [2.75, 3.05) is 20.3 Å². The fourth-order valence-corrected chi connectivity index (χ4v) is 4.56. The van der Waals surface area contributed by atoms with Crippen molar-refractivity contribution >= 4 is 17.5 Å². The average Bonchev–Trinajstić information content (AvgIpc) is 3.52. The molecule has 1 aliphatic heterocycles. The molecule has 0 spiro atoms. The highest BCUT2D eigenvalue weighted by atomic mass is 35.5. The number of halogens is 1. The first-order chi connectivity index (χ1) is 17.0. The van der Waals surface area contributed by atoms with Gasteiger partial charge in [-0.2, -0.15) is 5.10 Å². The predicted molar refractivity (Wildman–Crippen MR) is 133 cm³/mol. The van der Waals surface area contributed by atoms with Gasteiger partial charge in [0.25, 0.3) is 0 Å². The van der Waals surface area contributed by atoms with Crippen molar-refractivity contribution in [1.82, 2.24) is 14.7 Å². The van der Waals surface area contributed by atoms with Crippen LogP contribution in [0.25, 0.3) is 5.69 Å². The Morgan fingerprint density at radius 2 is 1.89 bits per heavy atom. The van der Waals surface area contributed by atoms with E-state index in [9.17, 15) is 4.79 Å². The van der Waals surface area contributed by atoms with Gasteiger partial charge in [-0.15, -0.1) is 0 Å². The monoisotopic (exact) mass is 495 g/mol. The van der Waals surface area contributed by atoms with Crippen LogP contribution in [-0.2, 0) is 16.1 Å². The molecule has 2 heterocycles. The molecule has 1 aliphatic carbocycles. The van der Waals surface area contributed by atoms with Gasteiger partial charge in [-0.1, -0.05) is 23.7 Å². The highest BCUT2D eigenvalue weighted by Gasteiger charge is 2.36. The van der Waals surface area contributed by atoms with Gasteiger partial charge in [-0.3, -0.25) is 4.79 Å². The Bertz CT molecular complexity index is 1180. The number of methoxy groups -OCH3 is 1. The van der Waals surface area contributed by atoms with Crippen LogP contribution in [0.5, 0.6) is 17.4 Å². The van der Waals surface area contributed by atoms with Crippen LogP contribution in [0.3, 0.4) is 0 Å². The zero-order valence-corrected chi connectivity index (χ0v) is 20.8. The topological polar surface area (TPSA) is 65.8 Å². The number of nitrogens with zero attached hydrogens (tertiary/aromatic N) is 3. The van der Waals surface area contributed by atoms with Crippen LogP contribution in [-0.4, -0.2) is 47.0 Å². The Labute approximate surface area is 210 Å². The Morgan fingerprint density at radius 1 is 1.14 bits per heavy atom. The Balaban J connectivity index is 1.54. The number of carbonyl (C=O) groups is 1. The first-order valence-electron chi connectivity index (χ1n) is 12.1.